The first-order valence-corrected chi connectivity index (χ1v) is 21.4. The molecule has 0 amide bonds. The molecule has 294 valence electrons. The van der Waals surface area contributed by atoms with Gasteiger partial charge in [-0.25, -0.2) is 9.97 Å². The number of rotatable bonds is 6. The van der Waals surface area contributed by atoms with Gasteiger partial charge in [0.15, 0.2) is 0 Å². The van der Waals surface area contributed by atoms with Crippen LogP contribution < -0.4 is 0 Å². The van der Waals surface area contributed by atoms with Crippen molar-refractivity contribution in [3.63, 3.8) is 0 Å². The molecule has 13 rings (SSSR count). The highest BCUT2D eigenvalue weighted by Crippen LogP contribution is 2.46. The average Bonchev–Trinajstić information content (AvgIpc) is 4.01. The van der Waals surface area contributed by atoms with Gasteiger partial charge in [-0.1, -0.05) is 164 Å². The quantitative estimate of drug-likeness (QED) is 0.168. The predicted octanol–water partition coefficient (Wildman–Crippen LogP) is 14.8. The lowest BCUT2D eigenvalue weighted by molar-refractivity contribution is 0.998. The first kappa shape index (κ1) is 35.2. The van der Waals surface area contributed by atoms with Gasteiger partial charge >= 0.3 is 0 Å². The van der Waals surface area contributed by atoms with Crippen LogP contribution in [0, 0.1) is 0 Å². The minimum atomic E-state index is 0.617. The van der Waals surface area contributed by atoms with E-state index in [9.17, 15) is 0 Å². The van der Waals surface area contributed by atoms with E-state index in [0.717, 1.165) is 83.2 Å². The molecule has 0 N–H and O–H groups in total. The molecule has 0 saturated carbocycles. The fraction of sp³-hybridized carbons (Fsp3) is 0. The maximum atomic E-state index is 5.56. The number of hydrogen-bond acceptors (Lipinski definition) is 2. The molecule has 5 nitrogen and oxygen atoms in total. The summed E-state index contributed by atoms with van der Waals surface area (Å²) in [4.78, 5) is 11.1. The molecule has 5 heteroatoms. The molecule has 0 spiro atoms. The Bertz CT molecular complexity index is 3880. The van der Waals surface area contributed by atoms with E-state index in [1.165, 1.54) is 27.2 Å². The summed E-state index contributed by atoms with van der Waals surface area (Å²) in [5.74, 6) is 0.617. The van der Waals surface area contributed by atoms with Crippen LogP contribution in [0.5, 0.6) is 0 Å². The maximum absolute atomic E-state index is 5.56. The summed E-state index contributed by atoms with van der Waals surface area (Å²) < 4.78 is 7.21. The van der Waals surface area contributed by atoms with E-state index in [2.05, 4.69) is 238 Å². The molecule has 13 aromatic rings. The van der Waals surface area contributed by atoms with Gasteiger partial charge in [0.25, 0.3) is 0 Å². The molecular weight excluding hydrogens is 767 g/mol. The smallest absolute Gasteiger partial charge is 0.235 e. The Morgan fingerprint density at radius 1 is 0.270 bits per heavy atom. The first-order chi connectivity index (χ1) is 31.3. The molecule has 0 fully saturated rings. The van der Waals surface area contributed by atoms with Gasteiger partial charge in [0.05, 0.1) is 44.5 Å². The molecular formula is C58H37N5. The number of nitrogens with zero attached hydrogens (tertiary/aromatic N) is 5. The van der Waals surface area contributed by atoms with Gasteiger partial charge < -0.3 is 9.13 Å². The van der Waals surface area contributed by atoms with Crippen LogP contribution in [0.4, 0.5) is 0 Å². The van der Waals surface area contributed by atoms with E-state index in [1.54, 1.807) is 0 Å². The summed E-state index contributed by atoms with van der Waals surface area (Å²) in [6.07, 6.45) is 0. The summed E-state index contributed by atoms with van der Waals surface area (Å²) >= 11 is 0. The zero-order chi connectivity index (χ0) is 41.4. The fourth-order valence-electron chi connectivity index (χ4n) is 9.93. The molecule has 63 heavy (non-hydrogen) atoms. The normalized spacial score (nSPS) is 11.8. The van der Waals surface area contributed by atoms with Crippen molar-refractivity contribution in [2.75, 3.05) is 0 Å². The average molecular weight is 804 g/mol. The number of fused-ring (bicyclic) bond motifs is 11. The van der Waals surface area contributed by atoms with Crippen molar-refractivity contribution >= 4 is 65.4 Å². The molecule has 0 atom stereocenters. The second-order valence-corrected chi connectivity index (χ2v) is 16.2. The monoisotopic (exact) mass is 803 g/mol. The Morgan fingerprint density at radius 2 is 0.714 bits per heavy atom. The molecule has 0 unspecified atom stereocenters. The Morgan fingerprint density at radius 3 is 1.32 bits per heavy atom. The third-order valence-corrected chi connectivity index (χ3v) is 12.6. The number of hydrogen-bond donors (Lipinski definition) is 0. The van der Waals surface area contributed by atoms with Crippen LogP contribution in [-0.4, -0.2) is 23.7 Å². The topological polar surface area (TPSA) is 40.6 Å². The summed E-state index contributed by atoms with van der Waals surface area (Å²) in [5.41, 5.74) is 15.0. The molecule has 9 aromatic carbocycles. The molecule has 0 saturated heterocycles. The summed E-state index contributed by atoms with van der Waals surface area (Å²) in [7, 11) is 0. The predicted molar refractivity (Wildman–Crippen MR) is 261 cm³/mol. The third-order valence-electron chi connectivity index (χ3n) is 12.6. The van der Waals surface area contributed by atoms with Gasteiger partial charge in [0.1, 0.15) is 0 Å². The third kappa shape index (κ3) is 5.43. The first-order valence-electron chi connectivity index (χ1n) is 21.4. The van der Waals surface area contributed by atoms with E-state index in [0.29, 0.717) is 5.95 Å². The van der Waals surface area contributed by atoms with Crippen LogP contribution >= 0.6 is 0 Å². The largest absolute Gasteiger partial charge is 0.309 e. The Balaban J connectivity index is 1.22. The van der Waals surface area contributed by atoms with Crippen molar-refractivity contribution in [2.45, 2.75) is 0 Å². The zero-order valence-electron chi connectivity index (χ0n) is 34.1. The van der Waals surface area contributed by atoms with Crippen LogP contribution in [0.15, 0.2) is 224 Å². The van der Waals surface area contributed by atoms with Gasteiger partial charge in [-0.05, 0) is 71.8 Å². The summed E-state index contributed by atoms with van der Waals surface area (Å²) in [6, 6.07) is 80.1. The number of aromatic nitrogens is 5. The fourth-order valence-corrected chi connectivity index (χ4v) is 9.93. The van der Waals surface area contributed by atoms with E-state index in [1.807, 2.05) is 0 Å². The van der Waals surface area contributed by atoms with E-state index in [4.69, 9.17) is 9.97 Å². The summed E-state index contributed by atoms with van der Waals surface area (Å²) in [5, 5.41) is 7.04. The lowest BCUT2D eigenvalue weighted by Crippen LogP contribution is -2.04. The molecule has 0 bridgehead atoms. The molecule has 4 heterocycles. The van der Waals surface area contributed by atoms with Crippen molar-refractivity contribution in [1.82, 2.24) is 23.7 Å². The Labute approximate surface area is 363 Å². The molecule has 0 aliphatic rings. The van der Waals surface area contributed by atoms with Crippen LogP contribution in [0.2, 0.25) is 0 Å². The SMILES string of the molecule is c1ccc(-c2cccc(-c3cc(-c4ccccc4)nc(-n4c5ccccc5c5ccc6c(c7c(ccc8c9ccccc9n(-c9ccccc9)c87)n6-c6ccccc6)c54)n3)c2)cc1. The van der Waals surface area contributed by atoms with Crippen LogP contribution in [0.25, 0.3) is 116 Å². The molecule has 0 aliphatic heterocycles. The van der Waals surface area contributed by atoms with Gasteiger partial charge in [0.2, 0.25) is 5.95 Å². The van der Waals surface area contributed by atoms with Crippen LogP contribution in [0.3, 0.4) is 0 Å². The minimum absolute atomic E-state index is 0.617. The standard InChI is InChI=1S/C58H37N5/c1-5-18-38(19-6-1)40-22-17-23-41(36-40)49-37-48(39-20-7-2-8-21-39)59-58(60-49)63-51-31-16-14-29-45(51)47-33-35-53-55(57(47)63)54-52(61(53)42-24-9-3-10-25-42)34-32-46-44-28-13-15-30-50(44)62(56(46)54)43-26-11-4-12-27-43/h1-37H. The second kappa shape index (κ2) is 14.0. The van der Waals surface area contributed by atoms with Crippen molar-refractivity contribution in [3.05, 3.63) is 224 Å². The van der Waals surface area contributed by atoms with Crippen molar-refractivity contribution in [3.8, 4) is 51.0 Å². The highest BCUT2D eigenvalue weighted by atomic mass is 15.2. The second-order valence-electron chi connectivity index (χ2n) is 16.2. The van der Waals surface area contributed by atoms with Gasteiger partial charge in [-0.2, -0.15) is 0 Å². The van der Waals surface area contributed by atoms with Gasteiger partial charge in [-0.3, -0.25) is 4.57 Å². The number of benzene rings is 9. The van der Waals surface area contributed by atoms with Crippen LogP contribution in [0.1, 0.15) is 0 Å². The highest BCUT2D eigenvalue weighted by molar-refractivity contribution is 6.33. The van der Waals surface area contributed by atoms with E-state index >= 15 is 0 Å². The molecule has 4 aromatic heterocycles. The molecule has 0 aliphatic carbocycles. The van der Waals surface area contributed by atoms with Crippen LogP contribution in [-0.2, 0) is 0 Å². The lowest BCUT2D eigenvalue weighted by atomic mass is 10.0. The van der Waals surface area contributed by atoms with E-state index in [-0.39, 0.29) is 0 Å². The highest BCUT2D eigenvalue weighted by Gasteiger charge is 2.26. The van der Waals surface area contributed by atoms with E-state index < -0.39 is 0 Å². The molecule has 0 radical (unpaired) electrons. The Hall–Kier alpha value is -8.54. The summed E-state index contributed by atoms with van der Waals surface area (Å²) in [6.45, 7) is 0. The van der Waals surface area contributed by atoms with Gasteiger partial charge in [-0.15, -0.1) is 0 Å². The van der Waals surface area contributed by atoms with Crippen molar-refractivity contribution < 1.29 is 0 Å². The Kier molecular flexibility index (Phi) is 7.84. The minimum Gasteiger partial charge on any atom is -0.309 e. The zero-order valence-corrected chi connectivity index (χ0v) is 34.1. The van der Waals surface area contributed by atoms with Gasteiger partial charge in [0, 0.05) is 54.8 Å². The van der Waals surface area contributed by atoms with Crippen molar-refractivity contribution in [1.29, 1.82) is 0 Å². The van der Waals surface area contributed by atoms with Crippen molar-refractivity contribution in [2.24, 2.45) is 0 Å². The number of para-hydroxylation sites is 4. The lowest BCUT2D eigenvalue weighted by Gasteiger charge is -2.13. The maximum Gasteiger partial charge on any atom is 0.235 e.